The Morgan fingerprint density at radius 1 is 1.00 bits per heavy atom. The molecule has 0 fully saturated rings. The molecule has 5 rings (SSSR count). The average Bonchev–Trinajstić information content (AvgIpc) is 3.38. The van der Waals surface area contributed by atoms with Crippen LogP contribution < -0.4 is 9.64 Å². The summed E-state index contributed by atoms with van der Waals surface area (Å²) < 4.78 is 7.76. The van der Waals surface area contributed by atoms with E-state index in [0.717, 1.165) is 22.4 Å². The Hall–Kier alpha value is -3.72. The van der Waals surface area contributed by atoms with Gasteiger partial charge < -0.3 is 9.30 Å². The van der Waals surface area contributed by atoms with Crippen LogP contribution in [0.25, 0.3) is 11.3 Å². The molecule has 2 heterocycles. The van der Waals surface area contributed by atoms with Crippen LogP contribution in [-0.2, 0) is 0 Å². The summed E-state index contributed by atoms with van der Waals surface area (Å²) >= 11 is 12.6. The summed E-state index contributed by atoms with van der Waals surface area (Å²) in [5, 5.41) is 11.6. The lowest BCUT2D eigenvalue weighted by Gasteiger charge is -2.30. The number of benzene rings is 3. The van der Waals surface area contributed by atoms with Gasteiger partial charge >= 0.3 is 0 Å². The summed E-state index contributed by atoms with van der Waals surface area (Å²) in [6.07, 6.45) is 0. The molecule has 1 aliphatic heterocycles. The first-order valence-corrected chi connectivity index (χ1v) is 12.7. The maximum atomic E-state index is 14.3. The summed E-state index contributed by atoms with van der Waals surface area (Å²) in [5.74, 6) is 0.391. The monoisotopic (exact) mass is 529 g/mol. The predicted molar refractivity (Wildman–Crippen MR) is 148 cm³/mol. The first-order chi connectivity index (χ1) is 17.8. The highest BCUT2D eigenvalue weighted by molar-refractivity contribution is 6.31. The number of aryl methyl sites for hydroxylation is 1. The smallest absolute Gasteiger partial charge is 0.262 e. The Kier molecular flexibility index (Phi) is 6.49. The molecule has 1 unspecified atom stereocenters. The van der Waals surface area contributed by atoms with Gasteiger partial charge in [0.15, 0.2) is 0 Å². The summed E-state index contributed by atoms with van der Waals surface area (Å²) in [7, 11) is 1.60. The van der Waals surface area contributed by atoms with Gasteiger partial charge in [0, 0.05) is 27.3 Å². The molecule has 1 amide bonds. The summed E-state index contributed by atoms with van der Waals surface area (Å²) in [4.78, 5) is 16.1. The van der Waals surface area contributed by atoms with E-state index in [-0.39, 0.29) is 11.9 Å². The molecule has 1 atom stereocenters. The van der Waals surface area contributed by atoms with Gasteiger partial charge in [0.2, 0.25) is 0 Å². The van der Waals surface area contributed by atoms with Crippen LogP contribution in [0.4, 0.5) is 5.69 Å². The van der Waals surface area contributed by atoms with Crippen LogP contribution in [-0.4, -0.2) is 17.6 Å². The summed E-state index contributed by atoms with van der Waals surface area (Å²) in [6.45, 7) is 6.05. The number of halogens is 2. The van der Waals surface area contributed by atoms with E-state index >= 15 is 0 Å². The van der Waals surface area contributed by atoms with Gasteiger partial charge in [-0.3, -0.25) is 9.69 Å². The number of rotatable bonds is 5. The molecule has 0 saturated heterocycles. The number of para-hydroxylation sites is 1. The van der Waals surface area contributed by atoms with Crippen molar-refractivity contribution in [3.05, 3.63) is 105 Å². The highest BCUT2D eigenvalue weighted by Gasteiger charge is 2.46. The minimum Gasteiger partial charge on any atom is -0.496 e. The minimum atomic E-state index is -0.491. The third kappa shape index (κ3) is 3.98. The van der Waals surface area contributed by atoms with E-state index in [1.165, 1.54) is 0 Å². The lowest BCUT2D eigenvalue weighted by molar-refractivity contribution is 0.0993. The Bertz CT molecular complexity index is 1570. The average molecular weight is 530 g/mol. The van der Waals surface area contributed by atoms with Gasteiger partial charge in [-0.25, -0.2) is 0 Å². The van der Waals surface area contributed by atoms with E-state index in [2.05, 4.69) is 24.5 Å². The molecule has 0 spiro atoms. The van der Waals surface area contributed by atoms with E-state index in [0.29, 0.717) is 38.3 Å². The SMILES string of the molecule is COc1ccccc1-c1c(C#N)c2c(n1C(C)C)C(c1ccc(Cl)cc1)N(c1cc(Cl)ccc1C)C2=O. The molecule has 5 nitrogen and oxygen atoms in total. The third-order valence-electron chi connectivity index (χ3n) is 6.80. The van der Waals surface area contributed by atoms with Gasteiger partial charge in [0.05, 0.1) is 29.6 Å². The number of carbonyl (C=O) groups is 1. The van der Waals surface area contributed by atoms with Crippen LogP contribution in [0.5, 0.6) is 5.75 Å². The summed E-state index contributed by atoms with van der Waals surface area (Å²) in [6, 6.07) is 22.4. The normalized spacial score (nSPS) is 14.7. The van der Waals surface area contributed by atoms with Gasteiger partial charge in [-0.15, -0.1) is 0 Å². The highest BCUT2D eigenvalue weighted by atomic mass is 35.5. The van der Waals surface area contributed by atoms with E-state index in [9.17, 15) is 10.1 Å². The van der Waals surface area contributed by atoms with Crippen molar-refractivity contribution >= 4 is 34.8 Å². The maximum absolute atomic E-state index is 14.3. The van der Waals surface area contributed by atoms with Crippen molar-refractivity contribution in [1.29, 1.82) is 5.26 Å². The second-order valence-electron chi connectivity index (χ2n) is 9.32. The van der Waals surface area contributed by atoms with Gasteiger partial charge in [0.1, 0.15) is 17.9 Å². The lowest BCUT2D eigenvalue weighted by Crippen LogP contribution is -2.31. The number of hydrogen-bond donors (Lipinski definition) is 0. The zero-order valence-electron chi connectivity index (χ0n) is 20.9. The van der Waals surface area contributed by atoms with Crippen LogP contribution in [0.2, 0.25) is 10.0 Å². The van der Waals surface area contributed by atoms with Crippen LogP contribution in [0.1, 0.15) is 58.7 Å². The van der Waals surface area contributed by atoms with Gasteiger partial charge in [-0.2, -0.15) is 5.26 Å². The molecule has 0 saturated carbocycles. The molecular weight excluding hydrogens is 505 g/mol. The Morgan fingerprint density at radius 2 is 1.68 bits per heavy atom. The predicted octanol–water partition coefficient (Wildman–Crippen LogP) is 7.98. The number of anilines is 1. The standard InChI is InChI=1S/C30H25Cl2N3O2/c1-17(2)34-28(22-7-5-6-8-25(22)37-4)23(16-33)26-29(34)27(19-10-13-20(31)14-11-19)35(30(26)36)24-15-21(32)12-9-18(24)3/h5-15,17,27H,1-4H3. The van der Waals surface area contributed by atoms with Gasteiger partial charge in [-0.1, -0.05) is 53.5 Å². The molecule has 1 aromatic heterocycles. The second-order valence-corrected chi connectivity index (χ2v) is 10.2. The Labute approximate surface area is 226 Å². The van der Waals surface area contributed by atoms with Crippen molar-refractivity contribution < 1.29 is 9.53 Å². The zero-order valence-corrected chi connectivity index (χ0v) is 22.4. The molecule has 0 bridgehead atoms. The molecule has 0 aliphatic carbocycles. The number of nitriles is 1. The van der Waals surface area contributed by atoms with Crippen LogP contribution in [0.3, 0.4) is 0 Å². The fourth-order valence-electron chi connectivity index (χ4n) is 5.25. The maximum Gasteiger partial charge on any atom is 0.262 e. The fraction of sp³-hybridized carbons (Fsp3) is 0.200. The number of methoxy groups -OCH3 is 1. The number of nitrogens with zero attached hydrogens (tertiary/aromatic N) is 3. The van der Waals surface area contributed by atoms with E-state index in [4.69, 9.17) is 27.9 Å². The molecule has 1 aliphatic rings. The zero-order chi connectivity index (χ0) is 26.4. The molecule has 7 heteroatoms. The van der Waals surface area contributed by atoms with Crippen LogP contribution >= 0.6 is 23.2 Å². The topological polar surface area (TPSA) is 58.3 Å². The molecule has 0 N–H and O–H groups in total. The number of hydrogen-bond acceptors (Lipinski definition) is 3. The fourth-order valence-corrected chi connectivity index (χ4v) is 5.54. The molecule has 4 aromatic rings. The minimum absolute atomic E-state index is 0.0567. The second kappa shape index (κ2) is 9.63. The van der Waals surface area contributed by atoms with Crippen molar-refractivity contribution in [2.24, 2.45) is 0 Å². The molecule has 37 heavy (non-hydrogen) atoms. The Morgan fingerprint density at radius 3 is 2.32 bits per heavy atom. The molecule has 186 valence electrons. The first-order valence-electron chi connectivity index (χ1n) is 11.9. The number of carbonyl (C=O) groups excluding carboxylic acids is 1. The number of fused-ring (bicyclic) bond motifs is 1. The largest absolute Gasteiger partial charge is 0.496 e. The van der Waals surface area contributed by atoms with Crippen LogP contribution in [0, 0.1) is 18.3 Å². The number of aromatic nitrogens is 1. The molecule has 3 aromatic carbocycles. The van der Waals surface area contributed by atoms with E-state index in [1.807, 2.05) is 61.5 Å². The highest BCUT2D eigenvalue weighted by Crippen LogP contribution is 2.50. The van der Waals surface area contributed by atoms with Gasteiger partial charge in [0.25, 0.3) is 5.91 Å². The van der Waals surface area contributed by atoms with Crippen molar-refractivity contribution in [3.8, 4) is 23.1 Å². The quantitative estimate of drug-likeness (QED) is 0.263. The molecular formula is C30H25Cl2N3O2. The van der Waals surface area contributed by atoms with Crippen molar-refractivity contribution in [1.82, 2.24) is 4.57 Å². The third-order valence-corrected chi connectivity index (χ3v) is 7.29. The Balaban J connectivity index is 1.89. The number of amides is 1. The first kappa shape index (κ1) is 25.0. The number of ether oxygens (including phenoxy) is 1. The van der Waals surface area contributed by atoms with E-state index in [1.54, 1.807) is 24.1 Å². The van der Waals surface area contributed by atoms with Crippen molar-refractivity contribution in [3.63, 3.8) is 0 Å². The van der Waals surface area contributed by atoms with Crippen molar-refractivity contribution in [2.75, 3.05) is 12.0 Å². The van der Waals surface area contributed by atoms with Crippen molar-refractivity contribution in [2.45, 2.75) is 32.9 Å². The summed E-state index contributed by atoms with van der Waals surface area (Å²) in [5.41, 5.74) is 5.42. The lowest BCUT2D eigenvalue weighted by atomic mass is 10.0. The van der Waals surface area contributed by atoms with Gasteiger partial charge in [-0.05, 0) is 68.3 Å². The molecule has 0 radical (unpaired) electrons. The van der Waals surface area contributed by atoms with Crippen LogP contribution in [0.15, 0.2) is 66.7 Å². The van der Waals surface area contributed by atoms with E-state index < -0.39 is 6.04 Å².